The average Bonchev–Trinajstić information content (AvgIpc) is 3.37. The number of hydrogen-bond donors (Lipinski definition) is 0. The van der Waals surface area contributed by atoms with Gasteiger partial charge in [-0.25, -0.2) is 4.39 Å². The normalized spacial score (nSPS) is 11.2. The first-order chi connectivity index (χ1) is 15.2. The minimum atomic E-state index is -0.383. The van der Waals surface area contributed by atoms with E-state index < -0.39 is 0 Å². The highest BCUT2D eigenvalue weighted by atomic mass is 32.2. The van der Waals surface area contributed by atoms with Gasteiger partial charge in [0.25, 0.3) is 0 Å². The van der Waals surface area contributed by atoms with Gasteiger partial charge in [-0.2, -0.15) is 9.61 Å². The van der Waals surface area contributed by atoms with Gasteiger partial charge in [-0.05, 0) is 48.2 Å². The van der Waals surface area contributed by atoms with Crippen LogP contribution in [0.5, 0.6) is 5.75 Å². The minimum Gasteiger partial charge on any atom is -0.496 e. The number of hydrogen-bond acceptors (Lipinski definition) is 7. The smallest absolute Gasteiger partial charge is 0.197 e. The van der Waals surface area contributed by atoms with Gasteiger partial charge in [0.1, 0.15) is 16.6 Å². The molecule has 8 nitrogen and oxygen atoms in total. The summed E-state index contributed by atoms with van der Waals surface area (Å²) >= 11 is 1.34. The van der Waals surface area contributed by atoms with Crippen LogP contribution in [-0.2, 0) is 7.05 Å². The molecule has 0 atom stereocenters. The number of para-hydroxylation sites is 1. The van der Waals surface area contributed by atoms with Gasteiger partial charge in [0.15, 0.2) is 22.5 Å². The van der Waals surface area contributed by atoms with Crippen LogP contribution in [0.4, 0.5) is 4.39 Å². The highest BCUT2D eigenvalue weighted by Gasteiger charge is 2.17. The first-order valence-electron chi connectivity index (χ1n) is 9.33. The summed E-state index contributed by atoms with van der Waals surface area (Å²) in [6.07, 6.45) is 0. The van der Waals surface area contributed by atoms with E-state index in [1.54, 1.807) is 31.4 Å². The largest absolute Gasteiger partial charge is 0.496 e. The van der Waals surface area contributed by atoms with Gasteiger partial charge in [0.2, 0.25) is 0 Å². The average molecular weight is 433 g/mol. The van der Waals surface area contributed by atoms with E-state index in [0.717, 1.165) is 5.56 Å². The molecule has 0 aliphatic rings. The molecule has 31 heavy (non-hydrogen) atoms. The van der Waals surface area contributed by atoms with Crippen LogP contribution < -0.4 is 4.74 Å². The highest BCUT2D eigenvalue weighted by Crippen LogP contribution is 2.32. The summed E-state index contributed by atoms with van der Waals surface area (Å²) in [5, 5.41) is 22.7. The molecule has 5 rings (SSSR count). The van der Waals surface area contributed by atoms with Gasteiger partial charge in [-0.3, -0.25) is 0 Å². The number of halogens is 1. The molecule has 10 heteroatoms. The standard InChI is InChI=1S/C21H16FN7OS/c1-28-19(14-8-4-6-10-16(14)30-2)24-26-21(28)31-18-12-11-17-23-25-20(29(17)27-18)13-7-3-5-9-15(13)22/h3-12H,1-2H3. The topological polar surface area (TPSA) is 83.0 Å². The zero-order valence-electron chi connectivity index (χ0n) is 16.6. The Labute approximate surface area is 180 Å². The Morgan fingerprint density at radius 3 is 2.39 bits per heavy atom. The molecule has 0 radical (unpaired) electrons. The van der Waals surface area contributed by atoms with Crippen LogP contribution in [0.15, 0.2) is 70.8 Å². The molecule has 0 aliphatic carbocycles. The molecule has 0 saturated heterocycles. The number of nitrogens with zero attached hydrogens (tertiary/aromatic N) is 7. The van der Waals surface area contributed by atoms with Crippen molar-refractivity contribution in [3.8, 4) is 28.5 Å². The first kappa shape index (κ1) is 19.2. The Balaban J connectivity index is 1.51. The molecule has 3 heterocycles. The molecule has 0 saturated carbocycles. The van der Waals surface area contributed by atoms with E-state index in [1.165, 1.54) is 22.3 Å². The number of aromatic nitrogens is 7. The van der Waals surface area contributed by atoms with Crippen molar-refractivity contribution >= 4 is 17.4 Å². The van der Waals surface area contributed by atoms with E-state index in [-0.39, 0.29) is 5.82 Å². The number of methoxy groups -OCH3 is 1. The second-order valence-electron chi connectivity index (χ2n) is 6.61. The maximum atomic E-state index is 14.3. The van der Waals surface area contributed by atoms with Gasteiger partial charge in [-0.1, -0.05) is 24.3 Å². The molecular weight excluding hydrogens is 417 g/mol. The van der Waals surface area contributed by atoms with Crippen molar-refractivity contribution < 1.29 is 9.13 Å². The predicted molar refractivity (Wildman–Crippen MR) is 113 cm³/mol. The van der Waals surface area contributed by atoms with Crippen molar-refractivity contribution in [1.29, 1.82) is 0 Å². The zero-order valence-corrected chi connectivity index (χ0v) is 17.4. The van der Waals surface area contributed by atoms with E-state index in [0.29, 0.717) is 38.8 Å². The molecule has 0 amide bonds. The molecule has 5 aromatic rings. The van der Waals surface area contributed by atoms with Crippen LogP contribution in [0.1, 0.15) is 0 Å². The van der Waals surface area contributed by atoms with Crippen LogP contribution in [-0.4, -0.2) is 41.7 Å². The lowest BCUT2D eigenvalue weighted by Gasteiger charge is -2.08. The van der Waals surface area contributed by atoms with Crippen molar-refractivity contribution in [2.75, 3.05) is 7.11 Å². The molecule has 0 spiro atoms. The van der Waals surface area contributed by atoms with Crippen molar-refractivity contribution in [2.24, 2.45) is 7.05 Å². The van der Waals surface area contributed by atoms with Gasteiger partial charge in [-0.15, -0.1) is 20.4 Å². The molecule has 0 N–H and O–H groups in total. The lowest BCUT2D eigenvalue weighted by Crippen LogP contribution is -1.99. The molecular formula is C21H16FN7OS. The van der Waals surface area contributed by atoms with Crippen LogP contribution in [0.3, 0.4) is 0 Å². The molecule has 0 unspecified atom stereocenters. The van der Waals surface area contributed by atoms with Gasteiger partial charge in [0.05, 0.1) is 18.2 Å². The molecule has 2 aromatic carbocycles. The van der Waals surface area contributed by atoms with Crippen LogP contribution in [0.2, 0.25) is 0 Å². The second kappa shape index (κ2) is 7.80. The summed E-state index contributed by atoms with van der Waals surface area (Å²) in [6, 6.07) is 17.6. The summed E-state index contributed by atoms with van der Waals surface area (Å²) in [4.78, 5) is 0. The molecule has 0 fully saturated rings. The number of rotatable bonds is 5. The summed E-state index contributed by atoms with van der Waals surface area (Å²) in [5.74, 6) is 1.35. The van der Waals surface area contributed by atoms with Crippen molar-refractivity contribution in [2.45, 2.75) is 10.2 Å². The lowest BCUT2D eigenvalue weighted by atomic mass is 10.2. The number of benzene rings is 2. The Bertz CT molecular complexity index is 1400. The monoisotopic (exact) mass is 433 g/mol. The maximum Gasteiger partial charge on any atom is 0.197 e. The van der Waals surface area contributed by atoms with Gasteiger partial charge < -0.3 is 9.30 Å². The third-order valence-electron chi connectivity index (χ3n) is 4.73. The number of fused-ring (bicyclic) bond motifs is 1. The van der Waals surface area contributed by atoms with Gasteiger partial charge >= 0.3 is 0 Å². The van der Waals surface area contributed by atoms with E-state index in [4.69, 9.17) is 4.74 Å². The summed E-state index contributed by atoms with van der Waals surface area (Å²) in [7, 11) is 3.50. The maximum absolute atomic E-state index is 14.3. The molecule has 3 aromatic heterocycles. The van der Waals surface area contributed by atoms with E-state index in [2.05, 4.69) is 25.5 Å². The van der Waals surface area contributed by atoms with E-state index >= 15 is 0 Å². The SMILES string of the molecule is COc1ccccc1-c1nnc(Sc2ccc3nnc(-c4ccccc4F)n3n2)n1C. The van der Waals surface area contributed by atoms with Crippen LogP contribution in [0, 0.1) is 5.82 Å². The Hall–Kier alpha value is -3.79. The van der Waals surface area contributed by atoms with Crippen molar-refractivity contribution in [1.82, 2.24) is 34.6 Å². The lowest BCUT2D eigenvalue weighted by molar-refractivity contribution is 0.416. The summed E-state index contributed by atoms with van der Waals surface area (Å²) in [5.41, 5.74) is 1.70. The van der Waals surface area contributed by atoms with Gasteiger partial charge in [0, 0.05) is 7.05 Å². The first-order valence-corrected chi connectivity index (χ1v) is 10.2. The highest BCUT2D eigenvalue weighted by molar-refractivity contribution is 7.99. The fourth-order valence-electron chi connectivity index (χ4n) is 3.20. The Kier molecular flexibility index (Phi) is 4.83. The Morgan fingerprint density at radius 1 is 0.839 bits per heavy atom. The van der Waals surface area contributed by atoms with Crippen molar-refractivity contribution in [3.05, 3.63) is 66.5 Å². The quantitative estimate of drug-likeness (QED) is 0.416. The third kappa shape index (κ3) is 3.40. The third-order valence-corrected chi connectivity index (χ3v) is 5.70. The fraction of sp³-hybridized carbons (Fsp3) is 0.0952. The second-order valence-corrected chi connectivity index (χ2v) is 7.60. The summed E-state index contributed by atoms with van der Waals surface area (Å²) in [6.45, 7) is 0. The molecule has 154 valence electrons. The zero-order chi connectivity index (χ0) is 21.4. The number of ether oxygens (including phenoxy) is 1. The summed E-state index contributed by atoms with van der Waals surface area (Å²) < 4.78 is 23.1. The molecule has 0 bridgehead atoms. The van der Waals surface area contributed by atoms with Crippen LogP contribution in [0.25, 0.3) is 28.4 Å². The van der Waals surface area contributed by atoms with Crippen molar-refractivity contribution in [3.63, 3.8) is 0 Å². The fourth-order valence-corrected chi connectivity index (χ4v) is 3.95. The minimum absolute atomic E-state index is 0.335. The molecule has 0 aliphatic heterocycles. The Morgan fingerprint density at radius 2 is 1.58 bits per heavy atom. The predicted octanol–water partition coefficient (Wildman–Crippen LogP) is 3.89. The van der Waals surface area contributed by atoms with E-state index in [9.17, 15) is 4.39 Å². The van der Waals surface area contributed by atoms with E-state index in [1.807, 2.05) is 41.9 Å². The van der Waals surface area contributed by atoms with Crippen LogP contribution >= 0.6 is 11.8 Å².